The van der Waals surface area contributed by atoms with Crippen LogP contribution in [0, 0.1) is 11.3 Å². The Labute approximate surface area is 180 Å². The summed E-state index contributed by atoms with van der Waals surface area (Å²) >= 11 is 0. The third-order valence-electron chi connectivity index (χ3n) is 5.69. The Kier molecular flexibility index (Phi) is 6.83. The third-order valence-corrected chi connectivity index (χ3v) is 5.69. The number of alkyl halides is 3. The summed E-state index contributed by atoms with van der Waals surface area (Å²) < 4.78 is 38.9. The SMILES string of the molecule is CC(C)(C)C(=O)ON1CCCC(C(=O)N2CCN(c3cccc(C(F)(F)F)c3)CC2)C1. The Balaban J connectivity index is 1.55. The van der Waals surface area contributed by atoms with Crippen molar-refractivity contribution < 1.29 is 27.6 Å². The summed E-state index contributed by atoms with van der Waals surface area (Å²) in [6, 6.07) is 5.28. The Morgan fingerprint density at radius 3 is 2.32 bits per heavy atom. The lowest BCUT2D eigenvalue weighted by molar-refractivity contribution is -0.208. The largest absolute Gasteiger partial charge is 0.416 e. The highest BCUT2D eigenvalue weighted by Crippen LogP contribution is 2.32. The maximum absolute atomic E-state index is 13.0. The van der Waals surface area contributed by atoms with Crippen LogP contribution in [-0.4, -0.2) is 61.1 Å². The number of nitrogens with zero attached hydrogens (tertiary/aromatic N) is 3. The molecule has 0 N–H and O–H groups in total. The molecule has 2 aliphatic heterocycles. The predicted molar refractivity (Wildman–Crippen MR) is 110 cm³/mol. The van der Waals surface area contributed by atoms with Gasteiger partial charge in [-0.15, -0.1) is 5.06 Å². The first-order valence-corrected chi connectivity index (χ1v) is 10.6. The second-order valence-electron chi connectivity index (χ2n) is 9.22. The smallest absolute Gasteiger partial charge is 0.368 e. The number of hydrogen-bond donors (Lipinski definition) is 0. The van der Waals surface area contributed by atoms with E-state index in [9.17, 15) is 22.8 Å². The van der Waals surface area contributed by atoms with Crippen LogP contribution in [0.15, 0.2) is 24.3 Å². The van der Waals surface area contributed by atoms with Crippen molar-refractivity contribution in [1.82, 2.24) is 9.96 Å². The second kappa shape index (κ2) is 9.06. The van der Waals surface area contributed by atoms with Crippen molar-refractivity contribution >= 4 is 17.6 Å². The fraction of sp³-hybridized carbons (Fsp3) is 0.636. The topological polar surface area (TPSA) is 53.1 Å². The van der Waals surface area contributed by atoms with Gasteiger partial charge in [-0.05, 0) is 51.8 Å². The van der Waals surface area contributed by atoms with Crippen LogP contribution in [0.3, 0.4) is 0 Å². The molecule has 1 aromatic rings. The summed E-state index contributed by atoms with van der Waals surface area (Å²) in [5.41, 5.74) is -0.771. The summed E-state index contributed by atoms with van der Waals surface area (Å²) in [6.07, 6.45) is -2.88. The maximum atomic E-state index is 13.0. The highest BCUT2D eigenvalue weighted by Gasteiger charge is 2.35. The molecule has 2 heterocycles. The lowest BCUT2D eigenvalue weighted by atomic mass is 9.96. The van der Waals surface area contributed by atoms with Gasteiger partial charge in [0.15, 0.2) is 0 Å². The van der Waals surface area contributed by atoms with Crippen molar-refractivity contribution in [3.05, 3.63) is 29.8 Å². The van der Waals surface area contributed by atoms with Gasteiger partial charge in [-0.1, -0.05) is 6.07 Å². The highest BCUT2D eigenvalue weighted by atomic mass is 19.4. The normalized spacial score (nSPS) is 21.2. The predicted octanol–water partition coefficient (Wildman–Crippen LogP) is 3.57. The van der Waals surface area contributed by atoms with Crippen LogP contribution < -0.4 is 4.90 Å². The van der Waals surface area contributed by atoms with Crippen molar-refractivity contribution in [3.8, 4) is 0 Å². The van der Waals surface area contributed by atoms with E-state index in [4.69, 9.17) is 4.84 Å². The zero-order chi connectivity index (χ0) is 22.8. The number of benzene rings is 1. The van der Waals surface area contributed by atoms with Crippen molar-refractivity contribution in [2.75, 3.05) is 44.2 Å². The Morgan fingerprint density at radius 1 is 1.03 bits per heavy atom. The van der Waals surface area contributed by atoms with E-state index in [1.807, 2.05) is 4.90 Å². The minimum atomic E-state index is -4.38. The van der Waals surface area contributed by atoms with Crippen LogP contribution >= 0.6 is 0 Å². The van der Waals surface area contributed by atoms with Crippen LogP contribution in [0.1, 0.15) is 39.2 Å². The van der Waals surface area contributed by atoms with E-state index in [1.54, 1.807) is 36.8 Å². The fourth-order valence-corrected chi connectivity index (χ4v) is 3.80. The van der Waals surface area contributed by atoms with Gasteiger partial charge in [0, 0.05) is 45.0 Å². The molecule has 0 bridgehead atoms. The standard InChI is InChI=1S/C22H30F3N3O3/c1-21(2,3)20(30)31-28-9-5-6-16(15-28)19(29)27-12-10-26(11-13-27)18-8-4-7-17(14-18)22(23,24)25/h4,7-8,14,16H,5-6,9-13,15H2,1-3H3. The van der Waals surface area contributed by atoms with Gasteiger partial charge in [-0.25, -0.2) is 4.79 Å². The molecule has 0 saturated carbocycles. The van der Waals surface area contributed by atoms with Crippen LogP contribution in [0.2, 0.25) is 0 Å². The summed E-state index contributed by atoms with van der Waals surface area (Å²) in [6.45, 7) is 8.18. The number of carbonyl (C=O) groups is 2. The van der Waals surface area contributed by atoms with Gasteiger partial charge in [0.05, 0.1) is 16.9 Å². The average Bonchev–Trinajstić information content (AvgIpc) is 2.72. The molecule has 1 unspecified atom stereocenters. The maximum Gasteiger partial charge on any atom is 0.416 e. The molecule has 1 aromatic carbocycles. The van der Waals surface area contributed by atoms with Crippen LogP contribution in [0.5, 0.6) is 0 Å². The number of amides is 1. The fourth-order valence-electron chi connectivity index (χ4n) is 3.80. The van der Waals surface area contributed by atoms with Crippen molar-refractivity contribution in [2.24, 2.45) is 11.3 Å². The third kappa shape index (κ3) is 5.90. The lowest BCUT2D eigenvalue weighted by Crippen LogP contribution is -2.53. The van der Waals surface area contributed by atoms with Gasteiger partial charge >= 0.3 is 12.1 Å². The van der Waals surface area contributed by atoms with Crippen LogP contribution in [0.4, 0.5) is 18.9 Å². The molecule has 0 radical (unpaired) electrons. The van der Waals surface area contributed by atoms with Gasteiger partial charge in [-0.3, -0.25) is 4.79 Å². The number of anilines is 1. The zero-order valence-corrected chi connectivity index (χ0v) is 18.2. The quantitative estimate of drug-likeness (QED) is 0.718. The van der Waals surface area contributed by atoms with Crippen LogP contribution in [0.25, 0.3) is 0 Å². The van der Waals surface area contributed by atoms with E-state index in [1.165, 1.54) is 6.07 Å². The Morgan fingerprint density at radius 2 is 1.71 bits per heavy atom. The van der Waals surface area contributed by atoms with Gasteiger partial charge in [0.25, 0.3) is 0 Å². The minimum Gasteiger partial charge on any atom is -0.368 e. The minimum absolute atomic E-state index is 0.0141. The summed E-state index contributed by atoms with van der Waals surface area (Å²) in [5.74, 6) is -0.558. The molecular formula is C22H30F3N3O3. The first-order chi connectivity index (χ1) is 14.4. The molecular weight excluding hydrogens is 411 g/mol. The van der Waals surface area contributed by atoms with Gasteiger partial charge in [-0.2, -0.15) is 13.2 Å². The molecule has 9 heteroatoms. The van der Waals surface area contributed by atoms with E-state index in [2.05, 4.69) is 0 Å². The number of rotatable bonds is 3. The number of halogens is 3. The molecule has 2 saturated heterocycles. The van der Waals surface area contributed by atoms with Crippen molar-refractivity contribution in [2.45, 2.75) is 39.8 Å². The number of carbonyl (C=O) groups excluding carboxylic acids is 2. The first kappa shape index (κ1) is 23.4. The zero-order valence-electron chi connectivity index (χ0n) is 18.2. The highest BCUT2D eigenvalue weighted by molar-refractivity contribution is 5.79. The molecule has 0 spiro atoms. The number of piperazine rings is 1. The van der Waals surface area contributed by atoms with E-state index in [0.717, 1.165) is 25.0 Å². The summed E-state index contributed by atoms with van der Waals surface area (Å²) in [4.78, 5) is 34.2. The van der Waals surface area contributed by atoms with E-state index < -0.39 is 17.2 Å². The molecule has 31 heavy (non-hydrogen) atoms. The Bertz CT molecular complexity index is 799. The van der Waals surface area contributed by atoms with Gasteiger partial charge < -0.3 is 14.6 Å². The molecule has 6 nitrogen and oxygen atoms in total. The van der Waals surface area contributed by atoms with Crippen molar-refractivity contribution in [1.29, 1.82) is 0 Å². The Hall–Kier alpha value is -2.29. The molecule has 2 fully saturated rings. The van der Waals surface area contributed by atoms with Gasteiger partial charge in [0.1, 0.15) is 0 Å². The molecule has 2 aliphatic rings. The van der Waals surface area contributed by atoms with Crippen LogP contribution in [-0.2, 0) is 20.6 Å². The molecule has 0 aromatic heterocycles. The molecule has 0 aliphatic carbocycles. The molecule has 1 amide bonds. The molecule has 1 atom stereocenters. The van der Waals surface area contributed by atoms with E-state index >= 15 is 0 Å². The monoisotopic (exact) mass is 441 g/mol. The van der Waals surface area contributed by atoms with Gasteiger partial charge in [0.2, 0.25) is 5.91 Å². The average molecular weight is 441 g/mol. The molecule has 172 valence electrons. The summed E-state index contributed by atoms with van der Waals surface area (Å²) in [7, 11) is 0. The molecule has 3 rings (SSSR count). The first-order valence-electron chi connectivity index (χ1n) is 10.6. The number of piperidine rings is 1. The number of hydrogen-bond acceptors (Lipinski definition) is 5. The number of hydroxylamine groups is 2. The lowest BCUT2D eigenvalue weighted by Gasteiger charge is -2.39. The van der Waals surface area contributed by atoms with Crippen molar-refractivity contribution in [3.63, 3.8) is 0 Å². The van der Waals surface area contributed by atoms with E-state index in [0.29, 0.717) is 45.0 Å². The van der Waals surface area contributed by atoms with E-state index in [-0.39, 0.29) is 17.8 Å². The second-order valence-corrected chi connectivity index (χ2v) is 9.22. The summed E-state index contributed by atoms with van der Waals surface area (Å²) in [5, 5.41) is 1.58.